The highest BCUT2D eigenvalue weighted by Crippen LogP contribution is 2.18. The van der Waals surface area contributed by atoms with Crippen LogP contribution in [0.1, 0.15) is 36.9 Å². The van der Waals surface area contributed by atoms with Gasteiger partial charge in [0.1, 0.15) is 5.75 Å². The highest BCUT2D eigenvalue weighted by Gasteiger charge is 2.20. The van der Waals surface area contributed by atoms with Crippen molar-refractivity contribution in [2.24, 2.45) is 0 Å². The molecule has 1 unspecified atom stereocenters. The maximum absolute atomic E-state index is 12.4. The first-order valence-corrected chi connectivity index (χ1v) is 9.53. The minimum atomic E-state index is -0.0855. The molecule has 26 heavy (non-hydrogen) atoms. The van der Waals surface area contributed by atoms with E-state index >= 15 is 0 Å². The largest absolute Gasteiger partial charge is 0.484 e. The topological polar surface area (TPSA) is 41.6 Å². The Morgan fingerprint density at radius 2 is 1.77 bits per heavy atom. The van der Waals surface area contributed by atoms with Crippen LogP contribution in [0.5, 0.6) is 5.75 Å². The highest BCUT2D eigenvalue weighted by molar-refractivity contribution is 5.78. The van der Waals surface area contributed by atoms with Gasteiger partial charge in [-0.1, -0.05) is 49.4 Å². The fourth-order valence-corrected chi connectivity index (χ4v) is 3.35. The highest BCUT2D eigenvalue weighted by atomic mass is 16.5. The van der Waals surface area contributed by atoms with Crippen LogP contribution in [0.3, 0.4) is 0 Å². The van der Waals surface area contributed by atoms with Gasteiger partial charge in [-0.15, -0.1) is 0 Å². The quantitative estimate of drug-likeness (QED) is 0.789. The summed E-state index contributed by atoms with van der Waals surface area (Å²) in [6, 6.07) is 18.1. The lowest BCUT2D eigenvalue weighted by molar-refractivity contribution is -0.124. The molecule has 1 aliphatic heterocycles. The lowest BCUT2D eigenvalue weighted by Crippen LogP contribution is -2.39. The van der Waals surface area contributed by atoms with Crippen LogP contribution < -0.4 is 10.1 Å². The van der Waals surface area contributed by atoms with Crippen LogP contribution >= 0.6 is 0 Å². The number of amides is 1. The summed E-state index contributed by atoms with van der Waals surface area (Å²) in [5.41, 5.74) is 2.40. The number of aryl methyl sites for hydroxylation is 1. The summed E-state index contributed by atoms with van der Waals surface area (Å²) in [5.74, 6) is 0.644. The predicted molar refractivity (Wildman–Crippen MR) is 104 cm³/mol. The number of benzene rings is 2. The molecule has 0 radical (unpaired) electrons. The van der Waals surface area contributed by atoms with E-state index < -0.39 is 0 Å². The first-order chi connectivity index (χ1) is 12.7. The van der Waals surface area contributed by atoms with E-state index in [4.69, 9.17) is 4.74 Å². The van der Waals surface area contributed by atoms with Crippen LogP contribution in [0, 0.1) is 0 Å². The summed E-state index contributed by atoms with van der Waals surface area (Å²) >= 11 is 0. The van der Waals surface area contributed by atoms with E-state index in [1.165, 1.54) is 18.4 Å². The van der Waals surface area contributed by atoms with Gasteiger partial charge in [0.15, 0.2) is 6.61 Å². The molecule has 0 bridgehead atoms. The van der Waals surface area contributed by atoms with Crippen molar-refractivity contribution in [1.29, 1.82) is 0 Å². The number of hydrogen-bond acceptors (Lipinski definition) is 3. The molecule has 0 spiro atoms. The van der Waals surface area contributed by atoms with E-state index in [1.807, 2.05) is 42.5 Å². The lowest BCUT2D eigenvalue weighted by atomic mass is 10.1. The minimum Gasteiger partial charge on any atom is -0.484 e. The van der Waals surface area contributed by atoms with Crippen LogP contribution in [-0.4, -0.2) is 37.0 Å². The molecule has 1 saturated heterocycles. The fraction of sp³-hybridized carbons (Fsp3) is 0.409. The van der Waals surface area contributed by atoms with E-state index in [0.717, 1.165) is 37.4 Å². The number of carbonyl (C=O) groups is 1. The van der Waals surface area contributed by atoms with Gasteiger partial charge in [0, 0.05) is 6.54 Å². The van der Waals surface area contributed by atoms with Crippen molar-refractivity contribution >= 4 is 5.91 Å². The van der Waals surface area contributed by atoms with E-state index in [1.54, 1.807) is 0 Å². The Hall–Kier alpha value is -2.33. The Bertz CT molecular complexity index is 679. The van der Waals surface area contributed by atoms with Gasteiger partial charge in [0.2, 0.25) is 0 Å². The van der Waals surface area contributed by atoms with Crippen LogP contribution in [0.2, 0.25) is 0 Å². The minimum absolute atomic E-state index is 0.00660. The van der Waals surface area contributed by atoms with Crippen LogP contribution in [-0.2, 0) is 11.2 Å². The average molecular weight is 352 g/mol. The van der Waals surface area contributed by atoms with Crippen molar-refractivity contribution in [1.82, 2.24) is 10.2 Å². The van der Waals surface area contributed by atoms with Gasteiger partial charge < -0.3 is 15.0 Å². The standard InChI is InChI=1S/C22H28N2O2/c1-2-18-10-12-20(13-11-18)26-17-22(25)23-21(16-24-14-6-7-15-24)19-8-4-3-5-9-19/h3-5,8-13,21H,2,6-7,14-17H2,1H3,(H,23,25). The van der Waals surface area contributed by atoms with E-state index in [9.17, 15) is 4.79 Å². The monoisotopic (exact) mass is 352 g/mol. The molecule has 1 N–H and O–H groups in total. The zero-order chi connectivity index (χ0) is 18.2. The van der Waals surface area contributed by atoms with Gasteiger partial charge in [-0.05, 0) is 55.6 Å². The van der Waals surface area contributed by atoms with Crippen LogP contribution in [0.4, 0.5) is 0 Å². The van der Waals surface area contributed by atoms with Gasteiger partial charge in [-0.25, -0.2) is 0 Å². The van der Waals surface area contributed by atoms with Crippen molar-refractivity contribution in [2.45, 2.75) is 32.2 Å². The molecule has 1 fully saturated rings. The number of likely N-dealkylation sites (tertiary alicyclic amines) is 1. The molecule has 1 heterocycles. The molecule has 0 saturated carbocycles. The van der Waals surface area contributed by atoms with Crippen molar-refractivity contribution in [2.75, 3.05) is 26.2 Å². The molecular weight excluding hydrogens is 324 g/mol. The van der Waals surface area contributed by atoms with Gasteiger partial charge in [-0.2, -0.15) is 0 Å². The van der Waals surface area contributed by atoms with Crippen LogP contribution in [0.25, 0.3) is 0 Å². The van der Waals surface area contributed by atoms with Crippen molar-refractivity contribution in [3.05, 3.63) is 65.7 Å². The first kappa shape index (κ1) is 18.5. The summed E-state index contributed by atoms with van der Waals surface area (Å²) in [5, 5.41) is 3.15. The molecule has 1 amide bonds. The zero-order valence-electron chi connectivity index (χ0n) is 15.5. The summed E-state index contributed by atoms with van der Waals surface area (Å²) in [6.45, 7) is 5.22. The Morgan fingerprint density at radius 3 is 2.42 bits per heavy atom. The zero-order valence-corrected chi connectivity index (χ0v) is 15.5. The second-order valence-electron chi connectivity index (χ2n) is 6.82. The summed E-state index contributed by atoms with van der Waals surface area (Å²) in [6.07, 6.45) is 3.48. The predicted octanol–water partition coefficient (Wildman–Crippen LogP) is 3.58. The summed E-state index contributed by atoms with van der Waals surface area (Å²) in [7, 11) is 0. The Kier molecular flexibility index (Phi) is 6.67. The molecule has 1 atom stereocenters. The first-order valence-electron chi connectivity index (χ1n) is 9.53. The number of rotatable bonds is 8. The molecule has 0 aromatic heterocycles. The summed E-state index contributed by atoms with van der Waals surface area (Å²) < 4.78 is 5.65. The molecule has 1 aliphatic rings. The van der Waals surface area contributed by atoms with E-state index in [-0.39, 0.29) is 18.6 Å². The van der Waals surface area contributed by atoms with E-state index in [2.05, 4.69) is 29.3 Å². The van der Waals surface area contributed by atoms with Crippen LogP contribution in [0.15, 0.2) is 54.6 Å². The average Bonchev–Trinajstić information content (AvgIpc) is 3.20. The molecule has 2 aromatic rings. The fourth-order valence-electron chi connectivity index (χ4n) is 3.35. The third kappa shape index (κ3) is 5.33. The molecular formula is C22H28N2O2. The van der Waals surface area contributed by atoms with Gasteiger partial charge >= 0.3 is 0 Å². The smallest absolute Gasteiger partial charge is 0.258 e. The molecule has 138 valence electrons. The van der Waals surface area contributed by atoms with E-state index in [0.29, 0.717) is 0 Å². The Labute approximate surface area is 156 Å². The maximum Gasteiger partial charge on any atom is 0.258 e. The van der Waals surface area contributed by atoms with Gasteiger partial charge in [0.05, 0.1) is 6.04 Å². The van der Waals surface area contributed by atoms with Crippen molar-refractivity contribution in [3.8, 4) is 5.75 Å². The van der Waals surface area contributed by atoms with Gasteiger partial charge in [0.25, 0.3) is 5.91 Å². The third-order valence-electron chi connectivity index (χ3n) is 4.88. The lowest BCUT2D eigenvalue weighted by Gasteiger charge is -2.25. The second kappa shape index (κ2) is 9.39. The van der Waals surface area contributed by atoms with Gasteiger partial charge in [-0.3, -0.25) is 4.79 Å². The maximum atomic E-state index is 12.4. The summed E-state index contributed by atoms with van der Waals surface area (Å²) in [4.78, 5) is 14.9. The number of nitrogens with zero attached hydrogens (tertiary/aromatic N) is 1. The molecule has 0 aliphatic carbocycles. The SMILES string of the molecule is CCc1ccc(OCC(=O)NC(CN2CCCC2)c2ccccc2)cc1. The third-order valence-corrected chi connectivity index (χ3v) is 4.88. The molecule has 2 aromatic carbocycles. The molecule has 3 rings (SSSR count). The Morgan fingerprint density at radius 1 is 1.08 bits per heavy atom. The molecule has 4 nitrogen and oxygen atoms in total. The van der Waals surface area contributed by atoms with Crippen molar-refractivity contribution in [3.63, 3.8) is 0 Å². The number of carbonyl (C=O) groups excluding carboxylic acids is 1. The second-order valence-corrected chi connectivity index (χ2v) is 6.82. The Balaban J connectivity index is 1.57. The normalized spacial score (nSPS) is 15.6. The number of nitrogens with one attached hydrogen (secondary N) is 1. The number of ether oxygens (including phenoxy) is 1. The van der Waals surface area contributed by atoms with Crippen molar-refractivity contribution < 1.29 is 9.53 Å². The number of hydrogen-bond donors (Lipinski definition) is 1. The molecule has 4 heteroatoms.